The lowest BCUT2D eigenvalue weighted by atomic mass is 9.92. The molecule has 0 unspecified atom stereocenters. The topological polar surface area (TPSA) is 121 Å². The molecule has 9 nitrogen and oxygen atoms in total. The lowest BCUT2D eigenvalue weighted by Gasteiger charge is -2.42. The molecule has 3 rings (SSSR count). The Morgan fingerprint density at radius 3 is 2.79 bits per heavy atom. The van der Waals surface area contributed by atoms with Crippen molar-refractivity contribution in [3.05, 3.63) is 76.6 Å². The second-order valence-corrected chi connectivity index (χ2v) is 8.34. The van der Waals surface area contributed by atoms with Crippen molar-refractivity contribution < 1.29 is 29.0 Å². The number of nitrogens with zero attached hydrogens (tertiary/aromatic N) is 2. The molecule has 1 aliphatic heterocycles. The first-order valence-electron chi connectivity index (χ1n) is 10.7. The Bertz CT molecular complexity index is 978. The van der Waals surface area contributed by atoms with Crippen molar-refractivity contribution in [2.75, 3.05) is 6.61 Å². The molecule has 2 heterocycles. The predicted octanol–water partition coefficient (Wildman–Crippen LogP) is 4.69. The molecular formula is C24H28N2O7. The molecule has 0 saturated carbocycles. The van der Waals surface area contributed by atoms with E-state index < -0.39 is 22.8 Å². The molecule has 1 fully saturated rings. The van der Waals surface area contributed by atoms with E-state index in [0.29, 0.717) is 19.4 Å². The molecule has 0 spiro atoms. The minimum Gasteiger partial charge on any atom is -0.481 e. The number of carboxylic acids is 1. The Labute approximate surface area is 192 Å². The van der Waals surface area contributed by atoms with E-state index in [1.54, 1.807) is 44.4 Å². The maximum absolute atomic E-state index is 11.4. The molecule has 2 aromatic rings. The Kier molecular flexibility index (Phi) is 8.13. The van der Waals surface area contributed by atoms with Crippen molar-refractivity contribution in [3.8, 4) is 5.75 Å². The number of benzene rings is 1. The summed E-state index contributed by atoms with van der Waals surface area (Å²) in [6.07, 6.45) is 7.27. The van der Waals surface area contributed by atoms with Crippen LogP contribution in [0.25, 0.3) is 0 Å². The number of ether oxygens (including phenoxy) is 3. The fraction of sp³-hybridized carbons (Fsp3) is 0.417. The normalized spacial score (nSPS) is 21.1. The zero-order valence-electron chi connectivity index (χ0n) is 18.6. The summed E-state index contributed by atoms with van der Waals surface area (Å²) >= 11 is 0. The summed E-state index contributed by atoms with van der Waals surface area (Å²) in [5.74, 6) is -0.713. The highest BCUT2D eigenvalue weighted by Crippen LogP contribution is 2.39. The summed E-state index contributed by atoms with van der Waals surface area (Å²) in [5.41, 5.74) is -0.264. The maximum atomic E-state index is 11.4. The summed E-state index contributed by atoms with van der Waals surface area (Å²) in [4.78, 5) is 25.8. The number of nitro benzene ring substituents is 1. The number of carboxylic acid groups (broad SMARTS) is 1. The van der Waals surface area contributed by atoms with E-state index in [1.807, 2.05) is 24.3 Å². The second kappa shape index (κ2) is 11.0. The smallest absolute Gasteiger partial charge is 0.310 e. The molecule has 33 heavy (non-hydrogen) atoms. The van der Waals surface area contributed by atoms with Gasteiger partial charge in [-0.05, 0) is 44.4 Å². The number of aromatic nitrogens is 1. The predicted molar refractivity (Wildman–Crippen MR) is 120 cm³/mol. The molecule has 1 aromatic carbocycles. The van der Waals surface area contributed by atoms with Crippen molar-refractivity contribution in [2.24, 2.45) is 5.92 Å². The van der Waals surface area contributed by atoms with Crippen LogP contribution in [0.5, 0.6) is 5.75 Å². The van der Waals surface area contributed by atoms with Crippen molar-refractivity contribution in [1.82, 2.24) is 4.98 Å². The third kappa shape index (κ3) is 6.59. The minimum atomic E-state index is -1.02. The van der Waals surface area contributed by atoms with Crippen LogP contribution in [0.2, 0.25) is 0 Å². The third-order valence-electron chi connectivity index (χ3n) is 5.31. The quantitative estimate of drug-likeness (QED) is 0.310. The van der Waals surface area contributed by atoms with Gasteiger partial charge in [-0.3, -0.25) is 19.9 Å². The van der Waals surface area contributed by atoms with Gasteiger partial charge in [-0.1, -0.05) is 30.4 Å². The van der Waals surface area contributed by atoms with E-state index in [-0.39, 0.29) is 29.9 Å². The van der Waals surface area contributed by atoms with E-state index in [4.69, 9.17) is 19.3 Å². The van der Waals surface area contributed by atoms with Gasteiger partial charge in [0.15, 0.2) is 17.6 Å². The number of para-hydroxylation sites is 2. The van der Waals surface area contributed by atoms with E-state index in [2.05, 4.69) is 4.98 Å². The van der Waals surface area contributed by atoms with Crippen LogP contribution in [0, 0.1) is 16.0 Å². The van der Waals surface area contributed by atoms with Gasteiger partial charge in [-0.25, -0.2) is 0 Å². The number of pyridine rings is 1. The highest BCUT2D eigenvalue weighted by Gasteiger charge is 2.42. The van der Waals surface area contributed by atoms with Crippen molar-refractivity contribution in [1.29, 1.82) is 0 Å². The zero-order chi connectivity index (χ0) is 23.8. The molecule has 1 N–H and O–H groups in total. The first-order valence-corrected chi connectivity index (χ1v) is 10.7. The van der Waals surface area contributed by atoms with Crippen molar-refractivity contribution >= 4 is 11.7 Å². The summed E-state index contributed by atoms with van der Waals surface area (Å²) in [6, 6.07) is 9.95. The summed E-state index contributed by atoms with van der Waals surface area (Å²) in [7, 11) is 0. The van der Waals surface area contributed by atoms with E-state index in [9.17, 15) is 14.9 Å². The number of allylic oxidation sites excluding steroid dienone is 2. The van der Waals surface area contributed by atoms with E-state index in [0.717, 1.165) is 5.56 Å². The van der Waals surface area contributed by atoms with Gasteiger partial charge >= 0.3 is 11.7 Å². The van der Waals surface area contributed by atoms with E-state index >= 15 is 0 Å². The Morgan fingerprint density at radius 1 is 1.30 bits per heavy atom. The van der Waals surface area contributed by atoms with Gasteiger partial charge in [0.05, 0.1) is 17.6 Å². The maximum Gasteiger partial charge on any atom is 0.310 e. The molecule has 176 valence electrons. The molecule has 1 aliphatic rings. The molecule has 1 aromatic heterocycles. The monoisotopic (exact) mass is 456 g/mol. The number of hydrogen-bond acceptors (Lipinski definition) is 7. The average molecular weight is 456 g/mol. The van der Waals surface area contributed by atoms with Crippen LogP contribution in [0.15, 0.2) is 60.9 Å². The average Bonchev–Trinajstić information content (AvgIpc) is 2.79. The third-order valence-corrected chi connectivity index (χ3v) is 5.31. The largest absolute Gasteiger partial charge is 0.481 e. The fourth-order valence-electron chi connectivity index (χ4n) is 3.65. The van der Waals surface area contributed by atoms with Crippen LogP contribution in [-0.2, 0) is 14.3 Å². The molecular weight excluding hydrogens is 428 g/mol. The van der Waals surface area contributed by atoms with Crippen LogP contribution in [0.4, 0.5) is 5.69 Å². The molecule has 9 heteroatoms. The van der Waals surface area contributed by atoms with Gasteiger partial charge in [-0.2, -0.15) is 0 Å². The molecule has 0 bridgehead atoms. The van der Waals surface area contributed by atoms with Gasteiger partial charge in [0.25, 0.3) is 0 Å². The lowest BCUT2D eigenvalue weighted by molar-refractivity contribution is -0.386. The summed E-state index contributed by atoms with van der Waals surface area (Å²) < 4.78 is 18.4. The highest BCUT2D eigenvalue weighted by molar-refractivity contribution is 5.66. The lowest BCUT2D eigenvalue weighted by Crippen LogP contribution is -2.50. The fourth-order valence-corrected chi connectivity index (χ4v) is 3.65. The Morgan fingerprint density at radius 2 is 2.09 bits per heavy atom. The highest BCUT2D eigenvalue weighted by atomic mass is 16.7. The Balaban J connectivity index is 1.75. The molecule has 3 atom stereocenters. The van der Waals surface area contributed by atoms with Gasteiger partial charge < -0.3 is 19.3 Å². The second-order valence-electron chi connectivity index (χ2n) is 8.34. The SMILES string of the molecule is CC(C)(Oc1ccccc1[N+](=O)[O-])[C@H]1OC[C@@H](C/C=C\CCC(=O)O)[C@@H](c2cccnc2)O1. The van der Waals surface area contributed by atoms with Crippen LogP contribution < -0.4 is 4.74 Å². The van der Waals surface area contributed by atoms with Crippen LogP contribution in [-0.4, -0.2) is 39.5 Å². The van der Waals surface area contributed by atoms with Crippen molar-refractivity contribution in [3.63, 3.8) is 0 Å². The first kappa shape index (κ1) is 24.3. The number of rotatable bonds is 10. The number of nitro groups is 1. The van der Waals surface area contributed by atoms with Gasteiger partial charge in [0.1, 0.15) is 0 Å². The van der Waals surface area contributed by atoms with Crippen LogP contribution in [0.3, 0.4) is 0 Å². The summed E-state index contributed by atoms with van der Waals surface area (Å²) in [6.45, 7) is 3.90. The minimum absolute atomic E-state index is 0.0200. The number of carbonyl (C=O) groups is 1. The standard InChI is InChI=1S/C24H28N2O7/c1-24(2,33-20-12-7-6-11-19(20)26(29)30)23-31-16-18(9-4-3-5-13-21(27)28)22(32-23)17-10-8-14-25-15-17/h3-4,6-8,10-12,14-15,18,22-23H,5,9,13,16H2,1-2H3,(H,27,28)/b4-3-/t18-,22-,23+/m1/s1. The molecule has 1 saturated heterocycles. The van der Waals surface area contributed by atoms with Crippen molar-refractivity contribution in [2.45, 2.75) is 51.1 Å². The Hall–Kier alpha value is -3.30. The van der Waals surface area contributed by atoms with Gasteiger partial charge in [-0.15, -0.1) is 0 Å². The molecule has 0 radical (unpaired) electrons. The van der Waals surface area contributed by atoms with E-state index in [1.165, 1.54) is 6.07 Å². The molecule has 0 aliphatic carbocycles. The number of hydrogen-bond donors (Lipinski definition) is 1. The van der Waals surface area contributed by atoms with Gasteiger partial charge in [0, 0.05) is 30.8 Å². The number of aliphatic carboxylic acids is 1. The van der Waals surface area contributed by atoms with Crippen LogP contribution in [0.1, 0.15) is 44.8 Å². The summed E-state index contributed by atoms with van der Waals surface area (Å²) in [5, 5.41) is 20.1. The first-order chi connectivity index (χ1) is 15.8. The van der Waals surface area contributed by atoms with Gasteiger partial charge in [0.2, 0.25) is 0 Å². The zero-order valence-corrected chi connectivity index (χ0v) is 18.6. The molecule has 0 amide bonds. The van der Waals surface area contributed by atoms with Crippen LogP contribution >= 0.6 is 0 Å².